The van der Waals surface area contributed by atoms with Crippen LogP contribution in [0.15, 0.2) is 54.9 Å². The molecule has 3 aromatic rings. The smallest absolute Gasteiger partial charge is 0.253 e. The molecule has 0 radical (unpaired) electrons. The highest BCUT2D eigenvalue weighted by atomic mass is 16.5. The molecule has 164 valence electrons. The molecule has 2 fully saturated rings. The summed E-state index contributed by atoms with van der Waals surface area (Å²) >= 11 is 0. The number of carbonyl (C=O) groups is 1. The maximum Gasteiger partial charge on any atom is 0.253 e. The number of hydrogen-bond donors (Lipinski definition) is 1. The van der Waals surface area contributed by atoms with Crippen molar-refractivity contribution in [2.24, 2.45) is 0 Å². The van der Waals surface area contributed by atoms with Crippen LogP contribution in [0, 0.1) is 0 Å². The van der Waals surface area contributed by atoms with Gasteiger partial charge in [0.1, 0.15) is 11.6 Å². The Balaban J connectivity index is 1.25. The normalized spacial score (nSPS) is 15.9. The zero-order chi connectivity index (χ0) is 21.8. The maximum atomic E-state index is 12.8. The third-order valence-electron chi connectivity index (χ3n) is 5.51. The molecule has 0 spiro atoms. The van der Waals surface area contributed by atoms with Crippen molar-refractivity contribution in [2.45, 2.75) is 25.5 Å². The highest BCUT2D eigenvalue weighted by Crippen LogP contribution is 2.28. The molecule has 2 aromatic heterocycles. The molecule has 32 heavy (non-hydrogen) atoms. The van der Waals surface area contributed by atoms with Crippen LogP contribution in [-0.2, 0) is 11.3 Å². The second-order valence-electron chi connectivity index (χ2n) is 7.94. The van der Waals surface area contributed by atoms with Crippen molar-refractivity contribution in [2.75, 3.05) is 31.2 Å². The summed E-state index contributed by atoms with van der Waals surface area (Å²) in [6.07, 6.45) is 5.86. The minimum atomic E-state index is -0.202. The fraction of sp³-hybridized carbons (Fsp3) is 0.333. The highest BCUT2D eigenvalue weighted by Gasteiger charge is 2.23. The first-order chi connectivity index (χ1) is 15.8. The SMILES string of the molecule is O=C(NCc1cccnc1N1CCOCC1)c1cnnc(-c2ccc(OC3CC3)cc2)c1. The number of rotatable bonds is 7. The Morgan fingerprint density at radius 2 is 1.97 bits per heavy atom. The Hall–Kier alpha value is -3.52. The lowest BCUT2D eigenvalue weighted by atomic mass is 10.1. The molecular weight excluding hydrogens is 406 g/mol. The summed E-state index contributed by atoms with van der Waals surface area (Å²) in [6, 6.07) is 13.4. The number of pyridine rings is 1. The Bertz CT molecular complexity index is 1080. The lowest BCUT2D eigenvalue weighted by Crippen LogP contribution is -2.37. The van der Waals surface area contributed by atoms with Crippen LogP contribution < -0.4 is 15.0 Å². The zero-order valence-electron chi connectivity index (χ0n) is 17.7. The van der Waals surface area contributed by atoms with Crippen LogP contribution in [0.1, 0.15) is 28.8 Å². The fourth-order valence-corrected chi connectivity index (χ4v) is 3.62. The van der Waals surface area contributed by atoms with Gasteiger partial charge < -0.3 is 19.7 Å². The Morgan fingerprint density at radius 1 is 1.16 bits per heavy atom. The molecule has 1 aromatic carbocycles. The van der Waals surface area contributed by atoms with Gasteiger partial charge in [0.05, 0.1) is 36.8 Å². The van der Waals surface area contributed by atoms with E-state index in [1.54, 1.807) is 12.3 Å². The van der Waals surface area contributed by atoms with Gasteiger partial charge >= 0.3 is 0 Å². The van der Waals surface area contributed by atoms with Crippen molar-refractivity contribution < 1.29 is 14.3 Å². The largest absolute Gasteiger partial charge is 0.490 e. The molecule has 1 saturated heterocycles. The first kappa shape index (κ1) is 20.4. The van der Waals surface area contributed by atoms with Gasteiger partial charge in [-0.2, -0.15) is 10.2 Å². The topological polar surface area (TPSA) is 89.5 Å². The molecule has 8 nitrogen and oxygen atoms in total. The summed E-state index contributed by atoms with van der Waals surface area (Å²) < 4.78 is 11.2. The zero-order valence-corrected chi connectivity index (χ0v) is 17.7. The number of hydrogen-bond acceptors (Lipinski definition) is 7. The lowest BCUT2D eigenvalue weighted by molar-refractivity contribution is 0.0950. The standard InChI is InChI=1S/C24H25N5O3/c30-24(26-15-18-2-1-9-25-23(18)29-10-12-31-13-11-29)19-14-22(28-27-16-19)17-3-5-20(6-4-17)32-21-7-8-21/h1-6,9,14,16,21H,7-8,10-13,15H2,(H,26,30). The van der Waals surface area contributed by atoms with Crippen molar-refractivity contribution in [3.63, 3.8) is 0 Å². The highest BCUT2D eigenvalue weighted by molar-refractivity contribution is 5.94. The van der Waals surface area contributed by atoms with E-state index in [1.165, 1.54) is 6.20 Å². The summed E-state index contributed by atoms with van der Waals surface area (Å²) in [7, 11) is 0. The number of nitrogens with zero attached hydrogens (tertiary/aromatic N) is 4. The monoisotopic (exact) mass is 431 g/mol. The van der Waals surface area contributed by atoms with Gasteiger partial charge in [-0.15, -0.1) is 0 Å². The van der Waals surface area contributed by atoms with E-state index in [2.05, 4.69) is 25.4 Å². The van der Waals surface area contributed by atoms with Crippen LogP contribution in [-0.4, -0.2) is 53.5 Å². The van der Waals surface area contributed by atoms with Gasteiger partial charge in [0, 0.05) is 37.0 Å². The first-order valence-electron chi connectivity index (χ1n) is 10.9. The molecule has 0 atom stereocenters. The number of anilines is 1. The summed E-state index contributed by atoms with van der Waals surface area (Å²) in [5, 5.41) is 11.2. The molecule has 2 aliphatic rings. The van der Waals surface area contributed by atoms with Gasteiger partial charge in [-0.1, -0.05) is 6.07 Å². The Labute approximate surface area is 186 Å². The van der Waals surface area contributed by atoms with Gasteiger partial charge in [0.2, 0.25) is 0 Å². The van der Waals surface area contributed by atoms with Crippen molar-refractivity contribution >= 4 is 11.7 Å². The number of carbonyl (C=O) groups excluding carboxylic acids is 1. The molecular formula is C24H25N5O3. The van der Waals surface area contributed by atoms with E-state index in [9.17, 15) is 4.79 Å². The van der Waals surface area contributed by atoms with E-state index in [4.69, 9.17) is 9.47 Å². The van der Waals surface area contributed by atoms with Crippen molar-refractivity contribution in [3.8, 4) is 17.0 Å². The maximum absolute atomic E-state index is 12.8. The van der Waals surface area contributed by atoms with Crippen LogP contribution in [0.4, 0.5) is 5.82 Å². The molecule has 1 saturated carbocycles. The molecule has 8 heteroatoms. The van der Waals surface area contributed by atoms with Crippen LogP contribution in [0.3, 0.4) is 0 Å². The predicted octanol–water partition coefficient (Wildman–Crippen LogP) is 2.85. The summed E-state index contributed by atoms with van der Waals surface area (Å²) in [5.41, 5.74) is 2.96. The summed E-state index contributed by atoms with van der Waals surface area (Å²) in [5.74, 6) is 1.54. The first-order valence-corrected chi connectivity index (χ1v) is 10.9. The second-order valence-corrected chi connectivity index (χ2v) is 7.94. The Morgan fingerprint density at radius 3 is 2.75 bits per heavy atom. The average Bonchev–Trinajstić information content (AvgIpc) is 3.68. The van der Waals surface area contributed by atoms with E-state index < -0.39 is 0 Å². The van der Waals surface area contributed by atoms with Crippen molar-refractivity contribution in [1.29, 1.82) is 0 Å². The number of amides is 1. The second kappa shape index (κ2) is 9.32. The third kappa shape index (κ3) is 4.86. The fourth-order valence-electron chi connectivity index (χ4n) is 3.62. The average molecular weight is 431 g/mol. The van der Waals surface area contributed by atoms with E-state index in [0.29, 0.717) is 37.1 Å². The summed E-state index contributed by atoms with van der Waals surface area (Å²) in [4.78, 5) is 19.5. The van der Waals surface area contributed by atoms with Crippen LogP contribution in [0.5, 0.6) is 5.75 Å². The molecule has 1 amide bonds. The lowest BCUT2D eigenvalue weighted by Gasteiger charge is -2.29. The molecule has 3 heterocycles. The molecule has 1 aliphatic heterocycles. The number of ether oxygens (including phenoxy) is 2. The van der Waals surface area contributed by atoms with E-state index in [-0.39, 0.29) is 5.91 Å². The van der Waals surface area contributed by atoms with Gasteiger partial charge in [0.15, 0.2) is 0 Å². The van der Waals surface area contributed by atoms with Gasteiger partial charge in [-0.05, 0) is 49.2 Å². The molecule has 0 unspecified atom stereocenters. The van der Waals surface area contributed by atoms with Crippen molar-refractivity contribution in [1.82, 2.24) is 20.5 Å². The van der Waals surface area contributed by atoms with E-state index in [1.807, 2.05) is 36.4 Å². The number of nitrogens with one attached hydrogen (secondary N) is 1. The molecule has 0 bridgehead atoms. The minimum absolute atomic E-state index is 0.202. The van der Waals surface area contributed by atoms with Crippen molar-refractivity contribution in [3.05, 3.63) is 66.0 Å². The number of morpholine rings is 1. The van der Waals surface area contributed by atoms with E-state index in [0.717, 1.165) is 48.6 Å². The predicted molar refractivity (Wildman–Crippen MR) is 120 cm³/mol. The summed E-state index contributed by atoms with van der Waals surface area (Å²) in [6.45, 7) is 3.33. The van der Waals surface area contributed by atoms with Crippen LogP contribution in [0.25, 0.3) is 11.3 Å². The quantitative estimate of drug-likeness (QED) is 0.615. The van der Waals surface area contributed by atoms with Gasteiger partial charge in [-0.25, -0.2) is 4.98 Å². The Kier molecular flexibility index (Phi) is 5.93. The molecule has 1 N–H and O–H groups in total. The minimum Gasteiger partial charge on any atom is -0.490 e. The molecule has 5 rings (SSSR count). The van der Waals surface area contributed by atoms with Crippen LogP contribution in [0.2, 0.25) is 0 Å². The number of benzene rings is 1. The van der Waals surface area contributed by atoms with Crippen LogP contribution >= 0.6 is 0 Å². The number of aromatic nitrogens is 3. The van der Waals surface area contributed by atoms with Gasteiger partial charge in [0.25, 0.3) is 5.91 Å². The molecule has 1 aliphatic carbocycles. The third-order valence-corrected chi connectivity index (χ3v) is 5.51. The van der Waals surface area contributed by atoms with Gasteiger partial charge in [-0.3, -0.25) is 4.79 Å². The van der Waals surface area contributed by atoms with E-state index >= 15 is 0 Å².